The van der Waals surface area contributed by atoms with Gasteiger partial charge in [-0.2, -0.15) is 0 Å². The molecule has 0 aliphatic carbocycles. The van der Waals surface area contributed by atoms with Crippen molar-refractivity contribution in [3.05, 3.63) is 30.1 Å². The fourth-order valence-corrected chi connectivity index (χ4v) is 1.91. The largest absolute Gasteiger partial charge is 0.351 e. The molecule has 1 rings (SSSR count). The summed E-state index contributed by atoms with van der Waals surface area (Å²) in [6.07, 6.45) is 3.37. The van der Waals surface area contributed by atoms with Crippen molar-refractivity contribution in [3.63, 3.8) is 0 Å². The number of hydrogen-bond acceptors (Lipinski definition) is 3. The normalized spacial score (nSPS) is 11.0. The van der Waals surface area contributed by atoms with E-state index >= 15 is 0 Å². The molecule has 0 aliphatic heterocycles. The van der Waals surface area contributed by atoms with E-state index < -0.39 is 5.41 Å². The topological polar surface area (TPSA) is 62.3 Å². The fourth-order valence-electron chi connectivity index (χ4n) is 1.91. The molecule has 0 aromatic carbocycles. The molecule has 0 saturated carbocycles. The summed E-state index contributed by atoms with van der Waals surface area (Å²) in [7, 11) is 0. The summed E-state index contributed by atoms with van der Waals surface area (Å²) in [5.74, 6) is -0.413. The van der Waals surface area contributed by atoms with E-state index in [-0.39, 0.29) is 11.8 Å². The molecular weight excluding hydrogens is 254 g/mol. The van der Waals surface area contributed by atoms with Gasteiger partial charge in [0.15, 0.2) is 0 Å². The van der Waals surface area contributed by atoms with Crippen LogP contribution in [0.2, 0.25) is 0 Å². The van der Waals surface area contributed by atoms with Crippen LogP contribution >= 0.6 is 0 Å². The van der Waals surface area contributed by atoms with Crippen molar-refractivity contribution in [1.82, 2.24) is 15.2 Å². The zero-order valence-corrected chi connectivity index (χ0v) is 12.6. The van der Waals surface area contributed by atoms with Gasteiger partial charge in [0.25, 0.3) is 0 Å². The molecule has 0 saturated heterocycles. The van der Waals surface area contributed by atoms with Crippen LogP contribution in [0.4, 0.5) is 0 Å². The average Bonchev–Trinajstić information content (AvgIpc) is 2.46. The van der Waals surface area contributed by atoms with Crippen molar-refractivity contribution < 1.29 is 9.59 Å². The summed E-state index contributed by atoms with van der Waals surface area (Å²) in [6.45, 7) is 8.72. The van der Waals surface area contributed by atoms with Crippen LogP contribution in [0.3, 0.4) is 0 Å². The Bertz CT molecular complexity index is 453. The van der Waals surface area contributed by atoms with E-state index in [4.69, 9.17) is 0 Å². The zero-order valence-electron chi connectivity index (χ0n) is 12.6. The first-order chi connectivity index (χ1) is 9.43. The van der Waals surface area contributed by atoms with Crippen LogP contribution in [-0.2, 0) is 16.1 Å². The van der Waals surface area contributed by atoms with Crippen molar-refractivity contribution in [3.8, 4) is 0 Å². The second kappa shape index (κ2) is 7.03. The number of nitrogens with one attached hydrogen (secondary N) is 1. The Labute approximate surface area is 120 Å². The number of rotatable bonds is 6. The van der Waals surface area contributed by atoms with E-state index in [0.29, 0.717) is 19.6 Å². The molecule has 110 valence electrons. The van der Waals surface area contributed by atoms with Gasteiger partial charge in [0.1, 0.15) is 5.41 Å². The molecule has 2 amide bonds. The smallest absolute Gasteiger partial charge is 0.237 e. The molecule has 0 bridgehead atoms. The maximum atomic E-state index is 12.3. The van der Waals surface area contributed by atoms with Gasteiger partial charge in [0.2, 0.25) is 11.8 Å². The van der Waals surface area contributed by atoms with Gasteiger partial charge in [-0.25, -0.2) is 0 Å². The lowest BCUT2D eigenvalue weighted by Crippen LogP contribution is -2.49. The van der Waals surface area contributed by atoms with Gasteiger partial charge in [-0.3, -0.25) is 14.6 Å². The summed E-state index contributed by atoms with van der Waals surface area (Å²) in [6, 6.07) is 3.69. The molecule has 5 heteroatoms. The lowest BCUT2D eigenvalue weighted by atomic mass is 9.90. The number of carbonyl (C=O) groups is 2. The van der Waals surface area contributed by atoms with Crippen LogP contribution in [-0.4, -0.2) is 34.8 Å². The number of aromatic nitrogens is 1. The van der Waals surface area contributed by atoms with Crippen molar-refractivity contribution in [1.29, 1.82) is 0 Å². The van der Waals surface area contributed by atoms with Gasteiger partial charge in [-0.15, -0.1) is 0 Å². The minimum absolute atomic E-state index is 0.147. The first-order valence-corrected chi connectivity index (χ1v) is 6.90. The van der Waals surface area contributed by atoms with Gasteiger partial charge in [0, 0.05) is 32.0 Å². The molecule has 0 radical (unpaired) electrons. The Balaban J connectivity index is 2.67. The first-order valence-electron chi connectivity index (χ1n) is 6.90. The molecular formula is C15H23N3O2. The average molecular weight is 277 g/mol. The Morgan fingerprint density at radius 1 is 1.30 bits per heavy atom. The van der Waals surface area contributed by atoms with Gasteiger partial charge < -0.3 is 10.2 Å². The van der Waals surface area contributed by atoms with Crippen LogP contribution in [0.1, 0.15) is 33.3 Å². The number of hydrogen-bond donors (Lipinski definition) is 1. The van der Waals surface area contributed by atoms with E-state index in [9.17, 15) is 9.59 Å². The molecule has 0 unspecified atom stereocenters. The summed E-state index contributed by atoms with van der Waals surface area (Å²) < 4.78 is 0. The summed E-state index contributed by atoms with van der Waals surface area (Å²) >= 11 is 0. The third-order valence-corrected chi connectivity index (χ3v) is 3.33. The van der Waals surface area contributed by atoms with Crippen molar-refractivity contribution in [2.24, 2.45) is 5.41 Å². The quantitative estimate of drug-likeness (QED) is 0.803. The predicted molar refractivity (Wildman–Crippen MR) is 77.8 cm³/mol. The van der Waals surface area contributed by atoms with Crippen LogP contribution in [0.15, 0.2) is 24.5 Å². The van der Waals surface area contributed by atoms with Gasteiger partial charge in [0.05, 0.1) is 0 Å². The molecule has 0 spiro atoms. The van der Waals surface area contributed by atoms with Crippen LogP contribution < -0.4 is 5.32 Å². The lowest BCUT2D eigenvalue weighted by molar-refractivity contribution is -0.148. The molecule has 1 aromatic rings. The van der Waals surface area contributed by atoms with Crippen LogP contribution in [0, 0.1) is 5.41 Å². The monoisotopic (exact) mass is 277 g/mol. The third-order valence-electron chi connectivity index (χ3n) is 3.33. The molecule has 1 N–H and O–H groups in total. The maximum absolute atomic E-state index is 12.3. The van der Waals surface area contributed by atoms with Gasteiger partial charge in [-0.1, -0.05) is 6.07 Å². The van der Waals surface area contributed by atoms with E-state index in [0.717, 1.165) is 5.56 Å². The Hall–Kier alpha value is -1.91. The molecule has 0 aliphatic rings. The summed E-state index contributed by atoms with van der Waals surface area (Å²) in [4.78, 5) is 30.2. The SMILES string of the molecule is CCN(CC)C(=O)C(C)(C)C(=O)NCc1cccnc1. The Morgan fingerprint density at radius 2 is 1.95 bits per heavy atom. The highest BCUT2D eigenvalue weighted by Crippen LogP contribution is 2.19. The van der Waals surface area contributed by atoms with E-state index in [1.807, 2.05) is 26.0 Å². The number of pyridine rings is 1. The Kier molecular flexibility index (Phi) is 5.67. The van der Waals surface area contributed by atoms with Crippen molar-refractivity contribution in [2.45, 2.75) is 34.2 Å². The Morgan fingerprint density at radius 3 is 2.45 bits per heavy atom. The van der Waals surface area contributed by atoms with Crippen molar-refractivity contribution in [2.75, 3.05) is 13.1 Å². The highest BCUT2D eigenvalue weighted by Gasteiger charge is 2.38. The molecule has 0 atom stereocenters. The maximum Gasteiger partial charge on any atom is 0.237 e. The lowest BCUT2D eigenvalue weighted by Gasteiger charge is -2.29. The van der Waals surface area contributed by atoms with Gasteiger partial charge in [-0.05, 0) is 39.3 Å². The number of nitrogens with zero attached hydrogens (tertiary/aromatic N) is 2. The predicted octanol–water partition coefficient (Wildman–Crippen LogP) is 1.59. The molecule has 1 heterocycles. The minimum Gasteiger partial charge on any atom is -0.351 e. The second-order valence-electron chi connectivity index (χ2n) is 5.15. The molecule has 1 aromatic heterocycles. The second-order valence-corrected chi connectivity index (χ2v) is 5.15. The van der Waals surface area contributed by atoms with E-state index in [1.165, 1.54) is 0 Å². The van der Waals surface area contributed by atoms with Gasteiger partial charge >= 0.3 is 0 Å². The number of amides is 2. The first kappa shape index (κ1) is 16.1. The van der Waals surface area contributed by atoms with Crippen LogP contribution in [0.5, 0.6) is 0 Å². The van der Waals surface area contributed by atoms with E-state index in [1.54, 1.807) is 31.1 Å². The molecule has 0 fully saturated rings. The van der Waals surface area contributed by atoms with Crippen molar-refractivity contribution >= 4 is 11.8 Å². The molecule has 5 nitrogen and oxygen atoms in total. The highest BCUT2D eigenvalue weighted by atomic mass is 16.2. The van der Waals surface area contributed by atoms with Crippen LogP contribution in [0.25, 0.3) is 0 Å². The van der Waals surface area contributed by atoms with E-state index in [2.05, 4.69) is 10.3 Å². The zero-order chi connectivity index (χ0) is 15.2. The number of carbonyl (C=O) groups excluding carboxylic acids is 2. The minimum atomic E-state index is -1.06. The third kappa shape index (κ3) is 3.79. The highest BCUT2D eigenvalue weighted by molar-refractivity contribution is 6.04. The standard InChI is InChI=1S/C15H23N3O2/c1-5-18(6-2)14(20)15(3,4)13(19)17-11-12-8-7-9-16-10-12/h7-10H,5-6,11H2,1-4H3,(H,17,19). The summed E-state index contributed by atoms with van der Waals surface area (Å²) in [5, 5.41) is 2.80. The fraction of sp³-hybridized carbons (Fsp3) is 0.533. The summed E-state index contributed by atoms with van der Waals surface area (Å²) in [5.41, 5.74) is -0.152. The molecule has 20 heavy (non-hydrogen) atoms.